The quantitative estimate of drug-likeness (QED) is 0.904. The van der Waals surface area contributed by atoms with Crippen LogP contribution in [-0.2, 0) is 12.0 Å². The van der Waals surface area contributed by atoms with E-state index >= 15 is 0 Å². The molecule has 94 valence electrons. The van der Waals surface area contributed by atoms with E-state index < -0.39 is 0 Å². The van der Waals surface area contributed by atoms with Gasteiger partial charge in [0.2, 0.25) is 0 Å². The van der Waals surface area contributed by atoms with E-state index in [0.29, 0.717) is 0 Å². The third-order valence-corrected chi connectivity index (χ3v) is 3.66. The zero-order valence-electron chi connectivity index (χ0n) is 10.8. The van der Waals surface area contributed by atoms with E-state index in [0.717, 1.165) is 10.9 Å². The summed E-state index contributed by atoms with van der Waals surface area (Å²) in [4.78, 5) is 0. The van der Waals surface area contributed by atoms with Gasteiger partial charge >= 0.3 is 0 Å². The largest absolute Gasteiger partial charge is 0.321 e. The van der Waals surface area contributed by atoms with Gasteiger partial charge in [0.15, 0.2) is 0 Å². The highest BCUT2D eigenvalue weighted by Gasteiger charge is 2.21. The van der Waals surface area contributed by atoms with Crippen LogP contribution < -0.4 is 5.73 Å². The van der Waals surface area contributed by atoms with Crippen molar-refractivity contribution < 1.29 is 0 Å². The van der Waals surface area contributed by atoms with Gasteiger partial charge in [-0.25, -0.2) is 0 Å². The van der Waals surface area contributed by atoms with Crippen LogP contribution in [0.4, 0.5) is 0 Å². The van der Waals surface area contributed by atoms with Crippen LogP contribution in [0.2, 0.25) is 0 Å². The summed E-state index contributed by atoms with van der Waals surface area (Å²) in [6.45, 7) is 4.17. The first-order valence-corrected chi connectivity index (χ1v) is 6.87. The number of aryl methyl sites for hydroxylation is 1. The van der Waals surface area contributed by atoms with Gasteiger partial charge in [-0.1, -0.05) is 57.9 Å². The van der Waals surface area contributed by atoms with Gasteiger partial charge in [0.1, 0.15) is 0 Å². The molecule has 1 atom stereocenters. The van der Waals surface area contributed by atoms with Gasteiger partial charge in [-0.3, -0.25) is 0 Å². The third kappa shape index (κ3) is 3.21. The lowest BCUT2D eigenvalue weighted by Gasteiger charge is -2.25. The molecule has 0 aliphatic carbocycles. The number of benzene rings is 2. The van der Waals surface area contributed by atoms with Gasteiger partial charge in [0.25, 0.3) is 0 Å². The number of nitrogens with two attached hydrogens (primary N) is 1. The Morgan fingerprint density at radius 3 is 2.39 bits per heavy atom. The van der Waals surface area contributed by atoms with Crippen LogP contribution >= 0.6 is 15.9 Å². The summed E-state index contributed by atoms with van der Waals surface area (Å²) in [5, 5.41) is 0. The zero-order valence-corrected chi connectivity index (χ0v) is 12.4. The molecule has 2 aromatic carbocycles. The van der Waals surface area contributed by atoms with Gasteiger partial charge < -0.3 is 5.73 Å². The maximum Gasteiger partial charge on any atom is 0.0421 e. The van der Waals surface area contributed by atoms with Crippen molar-refractivity contribution in [2.24, 2.45) is 5.73 Å². The molecule has 0 saturated carbocycles. The summed E-state index contributed by atoms with van der Waals surface area (Å²) >= 11 is 3.49. The number of rotatable bonds is 3. The van der Waals surface area contributed by atoms with Crippen molar-refractivity contribution in [2.45, 2.75) is 25.8 Å². The van der Waals surface area contributed by atoms with Crippen molar-refractivity contribution in [1.82, 2.24) is 0 Å². The number of hydrogen-bond donors (Lipinski definition) is 1. The van der Waals surface area contributed by atoms with Crippen molar-refractivity contribution in [3.05, 3.63) is 69.7 Å². The van der Waals surface area contributed by atoms with Crippen molar-refractivity contribution >= 4 is 15.9 Å². The number of halogens is 1. The fraction of sp³-hybridized carbons (Fsp3) is 0.250. The summed E-state index contributed by atoms with van der Waals surface area (Å²) < 4.78 is 1.10. The smallest absolute Gasteiger partial charge is 0.0421 e. The first-order chi connectivity index (χ1) is 8.47. The van der Waals surface area contributed by atoms with Crippen molar-refractivity contribution in [3.8, 4) is 0 Å². The van der Waals surface area contributed by atoms with Gasteiger partial charge in [-0.2, -0.15) is 0 Å². The molecule has 0 aliphatic heterocycles. The molecule has 0 bridgehead atoms. The molecule has 0 amide bonds. The lowest BCUT2D eigenvalue weighted by molar-refractivity contribution is 0.491. The third-order valence-electron chi connectivity index (χ3n) is 3.17. The Morgan fingerprint density at radius 2 is 1.78 bits per heavy atom. The Balaban J connectivity index is 2.23. The van der Waals surface area contributed by atoms with E-state index in [4.69, 9.17) is 5.73 Å². The molecule has 0 radical (unpaired) electrons. The Kier molecular flexibility index (Phi) is 3.88. The molecule has 0 spiro atoms. The molecule has 0 fully saturated rings. The minimum atomic E-state index is -0.339. The fourth-order valence-corrected chi connectivity index (χ4v) is 2.55. The minimum Gasteiger partial charge on any atom is -0.321 e. The lowest BCUT2D eigenvalue weighted by Crippen LogP contribution is -2.35. The predicted octanol–water partition coefficient (Wildman–Crippen LogP) is 4.17. The average Bonchev–Trinajstić information content (AvgIpc) is 2.29. The summed E-state index contributed by atoms with van der Waals surface area (Å²) in [7, 11) is 0. The molecule has 1 unspecified atom stereocenters. The predicted molar refractivity (Wildman–Crippen MR) is 80.6 cm³/mol. The van der Waals surface area contributed by atoms with Crippen molar-refractivity contribution in [2.75, 3.05) is 0 Å². The fourth-order valence-electron chi connectivity index (χ4n) is 2.11. The van der Waals surface area contributed by atoms with E-state index in [1.165, 1.54) is 16.7 Å². The van der Waals surface area contributed by atoms with E-state index in [9.17, 15) is 0 Å². The Hall–Kier alpha value is -1.12. The molecule has 18 heavy (non-hydrogen) atoms. The van der Waals surface area contributed by atoms with Gasteiger partial charge in [-0.15, -0.1) is 0 Å². The molecular weight excluding hydrogens is 286 g/mol. The maximum absolute atomic E-state index is 6.45. The van der Waals surface area contributed by atoms with Crippen LogP contribution in [0.5, 0.6) is 0 Å². The molecule has 2 heteroatoms. The van der Waals surface area contributed by atoms with Crippen molar-refractivity contribution in [1.29, 1.82) is 0 Å². The van der Waals surface area contributed by atoms with Crippen molar-refractivity contribution in [3.63, 3.8) is 0 Å². The maximum atomic E-state index is 6.45. The molecular formula is C16H18BrN. The average molecular weight is 304 g/mol. The summed E-state index contributed by atoms with van der Waals surface area (Å²) in [5.41, 5.74) is 9.80. The first-order valence-electron chi connectivity index (χ1n) is 6.08. The Morgan fingerprint density at radius 1 is 1.11 bits per heavy atom. The van der Waals surface area contributed by atoms with Crippen LogP contribution in [0, 0.1) is 6.92 Å². The highest BCUT2D eigenvalue weighted by atomic mass is 79.9. The van der Waals surface area contributed by atoms with Gasteiger partial charge in [0.05, 0.1) is 0 Å². The van der Waals surface area contributed by atoms with E-state index in [1.54, 1.807) is 0 Å². The molecule has 1 nitrogen and oxygen atoms in total. The number of hydrogen-bond acceptors (Lipinski definition) is 1. The second-order valence-electron chi connectivity index (χ2n) is 5.09. The van der Waals surface area contributed by atoms with E-state index in [2.05, 4.69) is 66.2 Å². The van der Waals surface area contributed by atoms with E-state index in [1.807, 2.05) is 12.1 Å². The molecule has 2 aromatic rings. The van der Waals surface area contributed by atoms with Crippen LogP contribution in [0.15, 0.2) is 53.0 Å². The minimum absolute atomic E-state index is 0.339. The SMILES string of the molecule is Cc1ccc(C(C)(N)Cc2cccc(Br)c2)cc1. The standard InChI is InChI=1S/C16H18BrN/c1-12-6-8-14(9-7-12)16(2,18)11-13-4-3-5-15(17)10-13/h3-10H,11,18H2,1-2H3. The van der Waals surface area contributed by atoms with Crippen LogP contribution in [-0.4, -0.2) is 0 Å². The molecule has 0 saturated heterocycles. The lowest BCUT2D eigenvalue weighted by atomic mass is 9.86. The summed E-state index contributed by atoms with van der Waals surface area (Å²) in [6.07, 6.45) is 0.829. The highest BCUT2D eigenvalue weighted by molar-refractivity contribution is 9.10. The highest BCUT2D eigenvalue weighted by Crippen LogP contribution is 2.24. The second kappa shape index (κ2) is 5.25. The zero-order chi connectivity index (χ0) is 13.2. The topological polar surface area (TPSA) is 26.0 Å². The van der Waals surface area contributed by atoms with Gasteiger partial charge in [-0.05, 0) is 43.5 Å². The molecule has 2 rings (SSSR count). The molecule has 2 N–H and O–H groups in total. The Bertz CT molecular complexity index is 529. The first kappa shape index (κ1) is 13.3. The van der Waals surface area contributed by atoms with E-state index in [-0.39, 0.29) is 5.54 Å². The Labute approximate surface area is 117 Å². The van der Waals surface area contributed by atoms with Crippen LogP contribution in [0.25, 0.3) is 0 Å². The summed E-state index contributed by atoms with van der Waals surface area (Å²) in [6, 6.07) is 16.8. The molecule has 0 heterocycles. The van der Waals surface area contributed by atoms with Crippen LogP contribution in [0.1, 0.15) is 23.6 Å². The second-order valence-corrected chi connectivity index (χ2v) is 6.01. The molecule has 0 aromatic heterocycles. The monoisotopic (exact) mass is 303 g/mol. The van der Waals surface area contributed by atoms with Crippen LogP contribution in [0.3, 0.4) is 0 Å². The normalized spacial score (nSPS) is 14.2. The summed E-state index contributed by atoms with van der Waals surface area (Å²) in [5.74, 6) is 0. The van der Waals surface area contributed by atoms with Gasteiger partial charge in [0, 0.05) is 10.0 Å². The molecule has 0 aliphatic rings.